The lowest BCUT2D eigenvalue weighted by Crippen LogP contribution is -2.01. The predicted molar refractivity (Wildman–Crippen MR) is 75.1 cm³/mol. The summed E-state index contributed by atoms with van der Waals surface area (Å²) in [4.78, 5) is 11.1. The van der Waals surface area contributed by atoms with Crippen molar-refractivity contribution in [3.8, 4) is 5.75 Å². The first-order valence-electron chi connectivity index (χ1n) is 5.33. The van der Waals surface area contributed by atoms with Crippen molar-refractivity contribution in [3.05, 3.63) is 34.5 Å². The summed E-state index contributed by atoms with van der Waals surface area (Å²) in [5, 5.41) is 13.1. The number of carboxylic acids is 1. The molecule has 1 aromatic carbocycles. The Morgan fingerprint density at radius 1 is 1.53 bits per heavy atom. The SMILES string of the molecule is COc1ccc(Nc2snc(C)c2C(=O)O)cc1Cl. The second-order valence-corrected chi connectivity index (χ2v) is 4.93. The Kier molecular flexibility index (Phi) is 3.92. The minimum Gasteiger partial charge on any atom is -0.495 e. The summed E-state index contributed by atoms with van der Waals surface area (Å²) in [6.07, 6.45) is 0. The molecule has 2 N–H and O–H groups in total. The Labute approximate surface area is 119 Å². The minimum atomic E-state index is -1.01. The van der Waals surface area contributed by atoms with E-state index in [1.165, 1.54) is 7.11 Å². The van der Waals surface area contributed by atoms with E-state index in [0.29, 0.717) is 27.2 Å². The molecule has 5 nitrogen and oxygen atoms in total. The van der Waals surface area contributed by atoms with Crippen LogP contribution in [0.3, 0.4) is 0 Å². The quantitative estimate of drug-likeness (QED) is 0.903. The second-order valence-electron chi connectivity index (χ2n) is 3.75. The van der Waals surface area contributed by atoms with Gasteiger partial charge in [-0.05, 0) is 36.7 Å². The topological polar surface area (TPSA) is 71.5 Å². The summed E-state index contributed by atoms with van der Waals surface area (Å²) in [6, 6.07) is 5.13. The number of anilines is 2. The highest BCUT2D eigenvalue weighted by molar-refractivity contribution is 7.10. The molecule has 19 heavy (non-hydrogen) atoms. The lowest BCUT2D eigenvalue weighted by atomic mass is 10.2. The summed E-state index contributed by atoms with van der Waals surface area (Å²) < 4.78 is 9.08. The molecule has 2 rings (SSSR count). The molecular formula is C12H11ClN2O3S. The Balaban J connectivity index is 2.31. The number of nitrogens with zero attached hydrogens (tertiary/aromatic N) is 1. The molecule has 2 aromatic rings. The first-order valence-corrected chi connectivity index (χ1v) is 6.48. The van der Waals surface area contributed by atoms with Crippen molar-refractivity contribution in [2.24, 2.45) is 0 Å². The molecule has 0 aliphatic carbocycles. The highest BCUT2D eigenvalue weighted by Crippen LogP contribution is 2.32. The number of aryl methyl sites for hydroxylation is 1. The molecule has 0 aliphatic rings. The zero-order valence-corrected chi connectivity index (χ0v) is 11.8. The Bertz CT molecular complexity index is 627. The van der Waals surface area contributed by atoms with Gasteiger partial charge in [-0.1, -0.05) is 11.6 Å². The van der Waals surface area contributed by atoms with Crippen LogP contribution in [0.15, 0.2) is 18.2 Å². The van der Waals surface area contributed by atoms with Crippen molar-refractivity contribution in [2.75, 3.05) is 12.4 Å². The van der Waals surface area contributed by atoms with Crippen LogP contribution in [-0.2, 0) is 0 Å². The Morgan fingerprint density at radius 3 is 2.84 bits per heavy atom. The lowest BCUT2D eigenvalue weighted by molar-refractivity contribution is 0.0697. The van der Waals surface area contributed by atoms with E-state index in [9.17, 15) is 4.79 Å². The van der Waals surface area contributed by atoms with Crippen LogP contribution in [0.4, 0.5) is 10.7 Å². The van der Waals surface area contributed by atoms with Gasteiger partial charge in [-0.15, -0.1) is 0 Å². The monoisotopic (exact) mass is 298 g/mol. The van der Waals surface area contributed by atoms with Crippen LogP contribution in [0.1, 0.15) is 16.1 Å². The third-order valence-corrected chi connectivity index (χ3v) is 3.64. The smallest absolute Gasteiger partial charge is 0.340 e. The average Bonchev–Trinajstić information content (AvgIpc) is 2.70. The molecule has 0 radical (unpaired) electrons. The van der Waals surface area contributed by atoms with Crippen LogP contribution in [0.25, 0.3) is 0 Å². The van der Waals surface area contributed by atoms with Gasteiger partial charge in [-0.2, -0.15) is 4.37 Å². The molecule has 0 saturated carbocycles. The maximum atomic E-state index is 11.1. The van der Waals surface area contributed by atoms with E-state index in [1.807, 2.05) is 0 Å². The highest BCUT2D eigenvalue weighted by atomic mass is 35.5. The van der Waals surface area contributed by atoms with Crippen molar-refractivity contribution >= 4 is 39.8 Å². The first kappa shape index (κ1) is 13.6. The molecule has 1 aromatic heterocycles. The number of ether oxygens (including phenoxy) is 1. The number of carbonyl (C=O) groups is 1. The molecule has 0 spiro atoms. The molecule has 0 fully saturated rings. The highest BCUT2D eigenvalue weighted by Gasteiger charge is 2.17. The van der Waals surface area contributed by atoms with Gasteiger partial charge in [0.15, 0.2) is 0 Å². The molecule has 0 atom stereocenters. The van der Waals surface area contributed by atoms with E-state index in [1.54, 1.807) is 25.1 Å². The van der Waals surface area contributed by atoms with Crippen molar-refractivity contribution in [3.63, 3.8) is 0 Å². The van der Waals surface area contributed by atoms with Crippen molar-refractivity contribution in [1.29, 1.82) is 0 Å². The van der Waals surface area contributed by atoms with Crippen molar-refractivity contribution in [2.45, 2.75) is 6.92 Å². The number of aromatic nitrogens is 1. The summed E-state index contributed by atoms with van der Waals surface area (Å²) in [7, 11) is 1.53. The van der Waals surface area contributed by atoms with Crippen molar-refractivity contribution < 1.29 is 14.6 Å². The molecule has 0 saturated heterocycles. The van der Waals surface area contributed by atoms with Gasteiger partial charge >= 0.3 is 5.97 Å². The fraction of sp³-hybridized carbons (Fsp3) is 0.167. The number of halogens is 1. The fourth-order valence-electron chi connectivity index (χ4n) is 1.58. The standard InChI is InChI=1S/C12H11ClN2O3S/c1-6-10(12(16)17)11(19-15-6)14-7-3-4-9(18-2)8(13)5-7/h3-5,14H,1-2H3,(H,16,17). The molecule has 0 aliphatic heterocycles. The Morgan fingerprint density at radius 2 is 2.26 bits per heavy atom. The number of hydrogen-bond acceptors (Lipinski definition) is 5. The van der Waals surface area contributed by atoms with E-state index < -0.39 is 5.97 Å². The third kappa shape index (κ3) is 2.80. The zero-order chi connectivity index (χ0) is 14.0. The predicted octanol–water partition coefficient (Wildman–Crippen LogP) is 3.56. The van der Waals surface area contributed by atoms with Gasteiger partial charge in [-0.3, -0.25) is 0 Å². The van der Waals surface area contributed by atoms with E-state index in [0.717, 1.165) is 11.5 Å². The van der Waals surface area contributed by atoms with Crippen LogP contribution >= 0.6 is 23.1 Å². The summed E-state index contributed by atoms with van der Waals surface area (Å²) in [5.74, 6) is -0.445. The molecule has 100 valence electrons. The van der Waals surface area contributed by atoms with Crippen LogP contribution in [0, 0.1) is 6.92 Å². The van der Waals surface area contributed by atoms with Crippen LogP contribution < -0.4 is 10.1 Å². The molecule has 0 amide bonds. The number of methoxy groups -OCH3 is 1. The normalized spacial score (nSPS) is 10.3. The second kappa shape index (κ2) is 5.46. The van der Waals surface area contributed by atoms with E-state index in [4.69, 9.17) is 21.4 Å². The average molecular weight is 299 g/mol. The molecule has 7 heteroatoms. The van der Waals surface area contributed by atoms with Gasteiger partial charge < -0.3 is 15.2 Å². The lowest BCUT2D eigenvalue weighted by Gasteiger charge is -2.08. The molecule has 0 bridgehead atoms. The maximum Gasteiger partial charge on any atom is 0.340 e. The Hall–Kier alpha value is -1.79. The molecule has 0 unspecified atom stereocenters. The van der Waals surface area contributed by atoms with E-state index in [2.05, 4.69) is 9.69 Å². The van der Waals surface area contributed by atoms with Crippen molar-refractivity contribution in [1.82, 2.24) is 4.37 Å². The number of nitrogens with one attached hydrogen (secondary N) is 1. The molecule has 1 heterocycles. The summed E-state index contributed by atoms with van der Waals surface area (Å²) >= 11 is 7.11. The van der Waals surface area contributed by atoms with Crippen LogP contribution in [0.2, 0.25) is 5.02 Å². The molecular weight excluding hydrogens is 288 g/mol. The van der Waals surface area contributed by atoms with Gasteiger partial charge in [-0.25, -0.2) is 4.79 Å². The maximum absolute atomic E-state index is 11.1. The first-order chi connectivity index (χ1) is 9.02. The summed E-state index contributed by atoms with van der Waals surface area (Å²) in [6.45, 7) is 1.66. The number of rotatable bonds is 4. The third-order valence-electron chi connectivity index (χ3n) is 2.49. The number of hydrogen-bond donors (Lipinski definition) is 2. The zero-order valence-electron chi connectivity index (χ0n) is 10.2. The minimum absolute atomic E-state index is 0.178. The van der Waals surface area contributed by atoms with Gasteiger partial charge in [0.2, 0.25) is 0 Å². The van der Waals surface area contributed by atoms with E-state index >= 15 is 0 Å². The number of aromatic carboxylic acids is 1. The fourth-order valence-corrected chi connectivity index (χ4v) is 2.65. The summed E-state index contributed by atoms with van der Waals surface area (Å²) in [5.41, 5.74) is 1.34. The van der Waals surface area contributed by atoms with Crippen LogP contribution in [-0.4, -0.2) is 22.6 Å². The van der Waals surface area contributed by atoms with E-state index in [-0.39, 0.29) is 5.56 Å². The van der Waals surface area contributed by atoms with Gasteiger partial charge in [0.1, 0.15) is 16.3 Å². The van der Waals surface area contributed by atoms with Gasteiger partial charge in [0.05, 0.1) is 17.8 Å². The van der Waals surface area contributed by atoms with Gasteiger partial charge in [0.25, 0.3) is 0 Å². The van der Waals surface area contributed by atoms with Gasteiger partial charge in [0, 0.05) is 5.69 Å². The largest absolute Gasteiger partial charge is 0.495 e. The number of benzene rings is 1. The number of carboxylic acid groups (broad SMARTS) is 1. The van der Waals surface area contributed by atoms with Crippen LogP contribution in [0.5, 0.6) is 5.75 Å².